The molecule has 1 aromatic heterocycles. The van der Waals surface area contributed by atoms with Crippen molar-refractivity contribution in [3.8, 4) is 11.4 Å². The second-order valence-electron chi connectivity index (χ2n) is 3.48. The Bertz CT molecular complexity index is 511. The maximum Gasteiger partial charge on any atom is 0.161 e. The normalized spacial score (nSPS) is 10.2. The Morgan fingerprint density at radius 1 is 1.25 bits per heavy atom. The molecule has 0 saturated heterocycles. The molecule has 0 unspecified atom stereocenters. The fraction of sp³-hybridized carbons (Fsp3) is 0.167. The number of aryl methyl sites for hydroxylation is 1. The minimum atomic E-state index is 0.729. The lowest BCUT2D eigenvalue weighted by Gasteiger charge is -2.04. The highest BCUT2D eigenvalue weighted by Gasteiger charge is 2.03. The lowest BCUT2D eigenvalue weighted by atomic mass is 10.1. The molecule has 0 fully saturated rings. The third-order valence-corrected chi connectivity index (χ3v) is 3.20. The van der Waals surface area contributed by atoms with E-state index in [1.165, 1.54) is 5.56 Å². The van der Waals surface area contributed by atoms with Gasteiger partial charge in [0, 0.05) is 23.3 Å². The predicted octanol–water partition coefficient (Wildman–Crippen LogP) is 3.26. The molecular formula is C12H12BrN3. The first-order valence-corrected chi connectivity index (χ1v) is 5.77. The SMILES string of the molecule is CNc1ccnc(-c2ccc(C)c(Br)c2)n1. The van der Waals surface area contributed by atoms with E-state index in [-0.39, 0.29) is 0 Å². The third-order valence-electron chi connectivity index (χ3n) is 2.34. The summed E-state index contributed by atoms with van der Waals surface area (Å²) in [6, 6.07) is 7.94. The minimum Gasteiger partial charge on any atom is -0.373 e. The van der Waals surface area contributed by atoms with E-state index in [0.717, 1.165) is 21.7 Å². The topological polar surface area (TPSA) is 37.8 Å². The summed E-state index contributed by atoms with van der Waals surface area (Å²) in [4.78, 5) is 8.65. The largest absolute Gasteiger partial charge is 0.373 e. The van der Waals surface area contributed by atoms with E-state index in [9.17, 15) is 0 Å². The van der Waals surface area contributed by atoms with Crippen molar-refractivity contribution in [2.75, 3.05) is 12.4 Å². The van der Waals surface area contributed by atoms with Crippen LogP contribution >= 0.6 is 15.9 Å². The van der Waals surface area contributed by atoms with Crippen LogP contribution in [0, 0.1) is 6.92 Å². The number of halogens is 1. The standard InChI is InChI=1S/C12H12BrN3/c1-8-3-4-9(7-10(8)13)12-15-6-5-11(14-2)16-12/h3-7H,1-2H3,(H,14,15,16). The summed E-state index contributed by atoms with van der Waals surface area (Å²) < 4.78 is 1.07. The first-order chi connectivity index (χ1) is 7.70. The Morgan fingerprint density at radius 3 is 2.75 bits per heavy atom. The number of rotatable bonds is 2. The van der Waals surface area contributed by atoms with Crippen LogP contribution in [0.3, 0.4) is 0 Å². The zero-order valence-electron chi connectivity index (χ0n) is 9.16. The first kappa shape index (κ1) is 11.1. The van der Waals surface area contributed by atoms with Crippen molar-refractivity contribution >= 4 is 21.7 Å². The van der Waals surface area contributed by atoms with Crippen LogP contribution in [0.25, 0.3) is 11.4 Å². The van der Waals surface area contributed by atoms with Crippen LogP contribution in [0.15, 0.2) is 34.9 Å². The van der Waals surface area contributed by atoms with Gasteiger partial charge in [-0.1, -0.05) is 28.1 Å². The molecule has 4 heteroatoms. The first-order valence-electron chi connectivity index (χ1n) is 4.98. The van der Waals surface area contributed by atoms with E-state index in [2.05, 4.69) is 44.2 Å². The zero-order chi connectivity index (χ0) is 11.5. The highest BCUT2D eigenvalue weighted by molar-refractivity contribution is 9.10. The predicted molar refractivity (Wildman–Crippen MR) is 69.5 cm³/mol. The van der Waals surface area contributed by atoms with E-state index in [1.807, 2.05) is 25.2 Å². The van der Waals surface area contributed by atoms with Gasteiger partial charge in [-0.05, 0) is 24.6 Å². The van der Waals surface area contributed by atoms with Gasteiger partial charge in [0.05, 0.1) is 0 Å². The number of nitrogens with zero attached hydrogens (tertiary/aromatic N) is 2. The van der Waals surface area contributed by atoms with Gasteiger partial charge in [0.15, 0.2) is 5.82 Å². The summed E-state index contributed by atoms with van der Waals surface area (Å²) in [5.41, 5.74) is 2.21. The zero-order valence-corrected chi connectivity index (χ0v) is 10.7. The highest BCUT2D eigenvalue weighted by atomic mass is 79.9. The summed E-state index contributed by atoms with van der Waals surface area (Å²) in [6.07, 6.45) is 1.75. The summed E-state index contributed by atoms with van der Waals surface area (Å²) in [5, 5.41) is 3.00. The molecule has 1 heterocycles. The molecule has 3 nitrogen and oxygen atoms in total. The van der Waals surface area contributed by atoms with Gasteiger partial charge in [-0.2, -0.15) is 0 Å². The van der Waals surface area contributed by atoms with Gasteiger partial charge < -0.3 is 5.32 Å². The van der Waals surface area contributed by atoms with E-state index >= 15 is 0 Å². The maximum absolute atomic E-state index is 4.39. The average molecular weight is 278 g/mol. The molecule has 1 N–H and O–H groups in total. The second-order valence-corrected chi connectivity index (χ2v) is 4.33. The maximum atomic E-state index is 4.39. The summed E-state index contributed by atoms with van der Waals surface area (Å²) in [6.45, 7) is 2.05. The molecule has 0 saturated carbocycles. The Kier molecular flexibility index (Phi) is 3.19. The molecule has 82 valence electrons. The van der Waals surface area contributed by atoms with Gasteiger partial charge in [-0.15, -0.1) is 0 Å². The van der Waals surface area contributed by atoms with Gasteiger partial charge >= 0.3 is 0 Å². The highest BCUT2D eigenvalue weighted by Crippen LogP contribution is 2.23. The van der Waals surface area contributed by atoms with Crippen molar-refractivity contribution in [3.63, 3.8) is 0 Å². The molecule has 0 bridgehead atoms. The van der Waals surface area contributed by atoms with E-state index in [1.54, 1.807) is 6.20 Å². The molecule has 0 spiro atoms. The van der Waals surface area contributed by atoms with E-state index in [4.69, 9.17) is 0 Å². The number of aromatic nitrogens is 2. The van der Waals surface area contributed by atoms with Crippen LogP contribution in [-0.2, 0) is 0 Å². The molecule has 16 heavy (non-hydrogen) atoms. The Labute approximate surface area is 103 Å². The Balaban J connectivity index is 2.46. The van der Waals surface area contributed by atoms with Crippen LogP contribution in [-0.4, -0.2) is 17.0 Å². The minimum absolute atomic E-state index is 0.729. The van der Waals surface area contributed by atoms with Crippen molar-refractivity contribution in [3.05, 3.63) is 40.5 Å². The third kappa shape index (κ3) is 2.22. The number of hydrogen-bond donors (Lipinski definition) is 1. The van der Waals surface area contributed by atoms with Crippen molar-refractivity contribution in [1.29, 1.82) is 0 Å². The molecule has 0 aliphatic carbocycles. The number of hydrogen-bond acceptors (Lipinski definition) is 3. The van der Waals surface area contributed by atoms with Crippen LogP contribution < -0.4 is 5.32 Å². The van der Waals surface area contributed by atoms with Crippen molar-refractivity contribution in [2.24, 2.45) is 0 Å². The quantitative estimate of drug-likeness (QED) is 0.916. The number of anilines is 1. The van der Waals surface area contributed by atoms with Crippen LogP contribution in [0.2, 0.25) is 0 Å². The lowest BCUT2D eigenvalue weighted by molar-refractivity contribution is 1.16. The van der Waals surface area contributed by atoms with Gasteiger partial charge in [0.25, 0.3) is 0 Å². The summed E-state index contributed by atoms with van der Waals surface area (Å²) in [5.74, 6) is 1.55. The molecule has 0 atom stereocenters. The smallest absolute Gasteiger partial charge is 0.161 e. The van der Waals surface area contributed by atoms with Crippen LogP contribution in [0.1, 0.15) is 5.56 Å². The molecule has 2 aromatic rings. The van der Waals surface area contributed by atoms with Crippen LogP contribution in [0.4, 0.5) is 5.82 Å². The molecule has 0 aliphatic heterocycles. The molecular weight excluding hydrogens is 266 g/mol. The Morgan fingerprint density at radius 2 is 2.06 bits per heavy atom. The fourth-order valence-electron chi connectivity index (χ4n) is 1.37. The van der Waals surface area contributed by atoms with E-state index < -0.39 is 0 Å². The monoisotopic (exact) mass is 277 g/mol. The average Bonchev–Trinajstić information content (AvgIpc) is 2.33. The van der Waals surface area contributed by atoms with Crippen molar-refractivity contribution in [1.82, 2.24) is 9.97 Å². The fourth-order valence-corrected chi connectivity index (χ4v) is 1.75. The Hall–Kier alpha value is -1.42. The number of nitrogens with one attached hydrogen (secondary N) is 1. The number of benzene rings is 1. The molecule has 0 amide bonds. The van der Waals surface area contributed by atoms with Gasteiger partial charge in [0.1, 0.15) is 5.82 Å². The lowest BCUT2D eigenvalue weighted by Crippen LogP contribution is -1.95. The van der Waals surface area contributed by atoms with Gasteiger partial charge in [-0.3, -0.25) is 0 Å². The van der Waals surface area contributed by atoms with E-state index in [0.29, 0.717) is 0 Å². The summed E-state index contributed by atoms with van der Waals surface area (Å²) in [7, 11) is 1.84. The molecule has 0 aliphatic rings. The molecule has 2 rings (SSSR count). The van der Waals surface area contributed by atoms with Gasteiger partial charge in [0.2, 0.25) is 0 Å². The molecule has 0 radical (unpaired) electrons. The molecule has 1 aromatic carbocycles. The van der Waals surface area contributed by atoms with Gasteiger partial charge in [-0.25, -0.2) is 9.97 Å². The van der Waals surface area contributed by atoms with Crippen molar-refractivity contribution < 1.29 is 0 Å². The summed E-state index contributed by atoms with van der Waals surface area (Å²) >= 11 is 3.51. The second kappa shape index (κ2) is 4.61. The van der Waals surface area contributed by atoms with Crippen molar-refractivity contribution in [2.45, 2.75) is 6.92 Å². The van der Waals surface area contributed by atoms with Crippen LogP contribution in [0.5, 0.6) is 0 Å².